The topological polar surface area (TPSA) is 80.5 Å². The van der Waals surface area contributed by atoms with Gasteiger partial charge in [0.15, 0.2) is 5.16 Å². The van der Waals surface area contributed by atoms with E-state index in [4.69, 9.17) is 9.84 Å². The zero-order valence-electron chi connectivity index (χ0n) is 11.9. The first-order valence-corrected chi connectivity index (χ1v) is 8.30. The predicted octanol–water partition coefficient (Wildman–Crippen LogP) is 0.664. The molecule has 1 aliphatic carbocycles. The molecule has 116 valence electrons. The number of hydrogen-bond donors (Lipinski definition) is 1. The van der Waals surface area contributed by atoms with Crippen molar-refractivity contribution in [2.45, 2.75) is 30.5 Å². The molecule has 3 rings (SSSR count). The Morgan fingerprint density at radius 1 is 1.29 bits per heavy atom. The molecule has 7 nitrogen and oxygen atoms in total. The normalized spacial score (nSPS) is 19.8. The summed E-state index contributed by atoms with van der Waals surface area (Å²) in [7, 11) is 0. The van der Waals surface area contributed by atoms with Crippen LogP contribution in [-0.2, 0) is 16.1 Å². The Kier molecular flexibility index (Phi) is 4.77. The summed E-state index contributed by atoms with van der Waals surface area (Å²) in [5.41, 5.74) is 0. The second kappa shape index (κ2) is 6.76. The highest BCUT2D eigenvalue weighted by Gasteiger charge is 2.30. The maximum Gasteiger partial charge on any atom is 0.313 e. The highest BCUT2D eigenvalue weighted by Crippen LogP contribution is 2.40. The second-order valence-corrected chi connectivity index (χ2v) is 6.35. The Morgan fingerprint density at radius 2 is 2.05 bits per heavy atom. The summed E-state index contributed by atoms with van der Waals surface area (Å²) >= 11 is 1.25. The monoisotopic (exact) mass is 312 g/mol. The fourth-order valence-electron chi connectivity index (χ4n) is 2.45. The summed E-state index contributed by atoms with van der Waals surface area (Å²) in [5.74, 6) is 0.744. The third-order valence-electron chi connectivity index (χ3n) is 3.76. The van der Waals surface area contributed by atoms with Crippen molar-refractivity contribution in [1.29, 1.82) is 0 Å². The van der Waals surface area contributed by atoms with E-state index in [2.05, 4.69) is 19.7 Å². The van der Waals surface area contributed by atoms with Crippen LogP contribution in [0.3, 0.4) is 0 Å². The number of aliphatic carboxylic acids is 1. The molecule has 21 heavy (non-hydrogen) atoms. The van der Waals surface area contributed by atoms with Crippen molar-refractivity contribution in [2.24, 2.45) is 0 Å². The number of morpholine rings is 1. The van der Waals surface area contributed by atoms with Crippen molar-refractivity contribution in [3.63, 3.8) is 0 Å². The van der Waals surface area contributed by atoms with Crippen LogP contribution < -0.4 is 0 Å². The van der Waals surface area contributed by atoms with Crippen molar-refractivity contribution >= 4 is 17.7 Å². The van der Waals surface area contributed by atoms with Gasteiger partial charge in [-0.3, -0.25) is 9.69 Å². The van der Waals surface area contributed by atoms with Gasteiger partial charge in [0.1, 0.15) is 5.82 Å². The lowest BCUT2D eigenvalue weighted by Gasteiger charge is -2.26. The summed E-state index contributed by atoms with van der Waals surface area (Å²) in [4.78, 5) is 13.1. The van der Waals surface area contributed by atoms with Gasteiger partial charge >= 0.3 is 5.97 Å². The van der Waals surface area contributed by atoms with Crippen LogP contribution in [0.2, 0.25) is 0 Å². The molecule has 8 heteroatoms. The zero-order valence-corrected chi connectivity index (χ0v) is 12.7. The van der Waals surface area contributed by atoms with E-state index in [1.807, 2.05) is 0 Å². The van der Waals surface area contributed by atoms with Gasteiger partial charge in [-0.15, -0.1) is 10.2 Å². The van der Waals surface area contributed by atoms with Gasteiger partial charge in [-0.05, 0) is 12.8 Å². The van der Waals surface area contributed by atoms with E-state index in [9.17, 15) is 4.79 Å². The van der Waals surface area contributed by atoms with Crippen LogP contribution in [0.1, 0.15) is 24.6 Å². The largest absolute Gasteiger partial charge is 0.481 e. The van der Waals surface area contributed by atoms with E-state index in [1.165, 1.54) is 24.6 Å². The molecule has 1 saturated heterocycles. The molecule has 1 saturated carbocycles. The minimum atomic E-state index is -0.823. The highest BCUT2D eigenvalue weighted by atomic mass is 32.2. The lowest BCUT2D eigenvalue weighted by atomic mass is 10.3. The maximum atomic E-state index is 10.7. The van der Waals surface area contributed by atoms with Crippen LogP contribution in [0.25, 0.3) is 0 Å². The first-order chi connectivity index (χ1) is 10.2. The number of thioether (sulfide) groups is 1. The minimum Gasteiger partial charge on any atom is -0.481 e. The smallest absolute Gasteiger partial charge is 0.313 e. The lowest BCUT2D eigenvalue weighted by Crippen LogP contribution is -2.38. The average Bonchev–Trinajstić information content (AvgIpc) is 3.25. The van der Waals surface area contributed by atoms with E-state index in [0.717, 1.165) is 50.4 Å². The first kappa shape index (κ1) is 14.8. The van der Waals surface area contributed by atoms with Crippen molar-refractivity contribution in [2.75, 3.05) is 38.6 Å². The molecule has 0 bridgehead atoms. The van der Waals surface area contributed by atoms with Crippen LogP contribution in [0.15, 0.2) is 5.16 Å². The van der Waals surface area contributed by atoms with Crippen LogP contribution >= 0.6 is 11.8 Å². The maximum absolute atomic E-state index is 10.7. The predicted molar refractivity (Wildman–Crippen MR) is 77.6 cm³/mol. The molecule has 0 atom stereocenters. The molecule has 1 aliphatic heterocycles. The molecule has 1 aromatic rings. The summed E-state index contributed by atoms with van der Waals surface area (Å²) in [6.07, 6.45) is 2.33. The van der Waals surface area contributed by atoms with E-state index >= 15 is 0 Å². The number of carboxylic acids is 1. The Hall–Kier alpha value is -1.12. The molecule has 1 N–H and O–H groups in total. The Labute approximate surface area is 127 Å². The number of nitrogens with zero attached hydrogens (tertiary/aromatic N) is 4. The Bertz CT molecular complexity index is 498. The van der Waals surface area contributed by atoms with E-state index in [-0.39, 0.29) is 5.75 Å². The van der Waals surface area contributed by atoms with Gasteiger partial charge in [0.05, 0.1) is 19.0 Å². The fourth-order valence-corrected chi connectivity index (χ4v) is 3.14. The third kappa shape index (κ3) is 3.96. The second-order valence-electron chi connectivity index (χ2n) is 5.40. The fraction of sp³-hybridized carbons (Fsp3) is 0.769. The molecule has 0 aromatic carbocycles. The van der Waals surface area contributed by atoms with Crippen molar-refractivity contribution in [1.82, 2.24) is 19.7 Å². The highest BCUT2D eigenvalue weighted by molar-refractivity contribution is 7.99. The first-order valence-electron chi connectivity index (χ1n) is 7.32. The van der Waals surface area contributed by atoms with E-state index < -0.39 is 5.97 Å². The molecular formula is C13H20N4O3S. The molecule has 0 radical (unpaired) electrons. The van der Waals surface area contributed by atoms with Gasteiger partial charge in [0.2, 0.25) is 0 Å². The standard InChI is InChI=1S/C13H20N4O3S/c18-11(19)9-21-13-15-14-12(10-1-2-10)17(13)4-3-16-5-7-20-8-6-16/h10H,1-9H2,(H,18,19). The SMILES string of the molecule is O=C(O)CSc1nnc(C2CC2)n1CCN1CCOCC1. The number of carboxylic acid groups (broad SMARTS) is 1. The lowest BCUT2D eigenvalue weighted by molar-refractivity contribution is -0.133. The minimum absolute atomic E-state index is 0.0281. The quantitative estimate of drug-likeness (QED) is 0.741. The van der Waals surface area contributed by atoms with Crippen LogP contribution in [0.5, 0.6) is 0 Å². The van der Waals surface area contributed by atoms with Crippen molar-refractivity contribution < 1.29 is 14.6 Å². The summed E-state index contributed by atoms with van der Waals surface area (Å²) in [5, 5.41) is 18.0. The van der Waals surface area contributed by atoms with Gasteiger partial charge < -0.3 is 14.4 Å². The Morgan fingerprint density at radius 3 is 2.71 bits per heavy atom. The van der Waals surface area contributed by atoms with Crippen LogP contribution in [-0.4, -0.2) is 69.3 Å². The number of rotatable bonds is 7. The number of carbonyl (C=O) groups is 1. The van der Waals surface area contributed by atoms with Gasteiger partial charge in [-0.1, -0.05) is 11.8 Å². The number of hydrogen-bond acceptors (Lipinski definition) is 6. The summed E-state index contributed by atoms with van der Waals surface area (Å²) < 4.78 is 7.47. The molecule has 0 amide bonds. The molecular weight excluding hydrogens is 292 g/mol. The molecule has 1 aromatic heterocycles. The summed E-state index contributed by atoms with van der Waals surface area (Å²) in [6.45, 7) is 5.25. The van der Waals surface area contributed by atoms with Gasteiger partial charge in [0.25, 0.3) is 0 Å². The van der Waals surface area contributed by atoms with Gasteiger partial charge in [-0.2, -0.15) is 0 Å². The number of aromatic nitrogens is 3. The molecule has 0 unspecified atom stereocenters. The van der Waals surface area contributed by atoms with Crippen molar-refractivity contribution in [3.8, 4) is 0 Å². The van der Waals surface area contributed by atoms with Crippen LogP contribution in [0.4, 0.5) is 0 Å². The molecule has 2 heterocycles. The van der Waals surface area contributed by atoms with E-state index in [0.29, 0.717) is 5.92 Å². The van der Waals surface area contributed by atoms with Crippen molar-refractivity contribution in [3.05, 3.63) is 5.82 Å². The molecule has 2 aliphatic rings. The average molecular weight is 312 g/mol. The molecule has 0 spiro atoms. The number of ether oxygens (including phenoxy) is 1. The van der Waals surface area contributed by atoms with Gasteiger partial charge in [-0.25, -0.2) is 0 Å². The summed E-state index contributed by atoms with van der Waals surface area (Å²) in [6, 6.07) is 0. The third-order valence-corrected chi connectivity index (χ3v) is 4.71. The molecule has 2 fully saturated rings. The van der Waals surface area contributed by atoms with Gasteiger partial charge in [0, 0.05) is 32.1 Å². The zero-order chi connectivity index (χ0) is 14.7. The van der Waals surface area contributed by atoms with Crippen LogP contribution in [0, 0.1) is 0 Å². The van der Waals surface area contributed by atoms with E-state index in [1.54, 1.807) is 0 Å². The Balaban J connectivity index is 1.65.